The molecule has 368 valence electrons. The summed E-state index contributed by atoms with van der Waals surface area (Å²) in [6.45, 7) is 1.08. The van der Waals surface area contributed by atoms with Crippen molar-refractivity contribution in [3.63, 3.8) is 0 Å². The number of piperidine rings is 1. The van der Waals surface area contributed by atoms with Gasteiger partial charge in [-0.2, -0.15) is 36.5 Å². The van der Waals surface area contributed by atoms with Gasteiger partial charge in [-0.3, -0.25) is 9.78 Å². The standard InChI is InChI=1S/C23H22F3N5O2.C14H10F3NO3.C10H15N3.2ClH/c1-33-20-12-19(28-13-17(20)14-2-4-16(5-3-14)23(24,25)26)22(32)31-10-8-15(9-11-31)18-6-7-21(27)30-29-18;1-21-12-6-11(13(19)20)18-7-10(12)8-2-4-9(5-3-8)14(15,16)17;11-10-7-6-9(12-13-10)8-4-2-1-3-5-8;;/h2-7,12-13,15H,8-11H2,1H3,(H2,27,30);2-7H,1H3,(H,19,20);6-8H,1-5H2,(H2,11,13);2*1H. The lowest BCUT2D eigenvalue weighted by Gasteiger charge is -2.31. The molecule has 0 bridgehead atoms. The summed E-state index contributed by atoms with van der Waals surface area (Å²) in [5, 5.41) is 24.9. The second-order valence-corrected chi connectivity index (χ2v) is 15.7. The van der Waals surface area contributed by atoms with Crippen LogP contribution in [0.1, 0.15) is 100 Å². The number of hydrogen-bond donors (Lipinski definition) is 3. The first-order valence-corrected chi connectivity index (χ1v) is 21.1. The Bertz CT molecular complexity index is 2600. The van der Waals surface area contributed by atoms with Crippen molar-refractivity contribution in [2.75, 3.05) is 38.8 Å². The van der Waals surface area contributed by atoms with Crippen LogP contribution in [-0.4, -0.2) is 79.6 Å². The number of aromatic nitrogens is 6. The van der Waals surface area contributed by atoms with E-state index in [-0.39, 0.29) is 53.8 Å². The van der Waals surface area contributed by atoms with Gasteiger partial charge in [0, 0.05) is 60.6 Å². The predicted molar refractivity (Wildman–Crippen MR) is 251 cm³/mol. The normalized spacial score (nSPS) is 14.1. The molecular weight excluding hydrogens is 955 g/mol. The van der Waals surface area contributed by atoms with E-state index >= 15 is 0 Å². The summed E-state index contributed by atoms with van der Waals surface area (Å²) < 4.78 is 86.5. The molecule has 0 atom stereocenters. The summed E-state index contributed by atoms with van der Waals surface area (Å²) >= 11 is 0. The van der Waals surface area contributed by atoms with Gasteiger partial charge in [0.1, 0.15) is 28.8 Å². The molecule has 1 saturated carbocycles. The molecule has 8 rings (SSSR count). The number of carboxylic acid groups (broad SMARTS) is 1. The van der Waals surface area contributed by atoms with Crippen LogP contribution in [0.4, 0.5) is 38.0 Å². The first-order chi connectivity index (χ1) is 31.9. The fraction of sp³-hybridized carbons (Fsp3) is 0.319. The number of likely N-dealkylation sites (tertiary alicyclic amines) is 1. The summed E-state index contributed by atoms with van der Waals surface area (Å²) in [6, 6.07) is 19.3. The smallest absolute Gasteiger partial charge is 0.416 e. The van der Waals surface area contributed by atoms with E-state index in [0.29, 0.717) is 58.6 Å². The zero-order chi connectivity index (χ0) is 48.3. The molecule has 5 heterocycles. The van der Waals surface area contributed by atoms with E-state index in [1.54, 1.807) is 11.0 Å². The highest BCUT2D eigenvalue weighted by atomic mass is 35.5. The number of aromatic carboxylic acids is 1. The lowest BCUT2D eigenvalue weighted by Crippen LogP contribution is -2.38. The fourth-order valence-corrected chi connectivity index (χ4v) is 7.64. The van der Waals surface area contributed by atoms with Crippen molar-refractivity contribution in [2.45, 2.75) is 69.1 Å². The maximum Gasteiger partial charge on any atom is 0.416 e. The molecule has 69 heavy (non-hydrogen) atoms. The summed E-state index contributed by atoms with van der Waals surface area (Å²) in [7, 11) is 2.78. The van der Waals surface area contributed by atoms with Crippen molar-refractivity contribution in [1.29, 1.82) is 0 Å². The first-order valence-electron chi connectivity index (χ1n) is 21.1. The Hall–Kier alpha value is -6.80. The number of benzene rings is 2. The molecule has 1 saturated heterocycles. The number of halogens is 8. The van der Waals surface area contributed by atoms with Crippen LogP contribution in [0, 0.1) is 0 Å². The number of carbonyl (C=O) groups excluding carboxylic acids is 1. The van der Waals surface area contributed by atoms with E-state index in [4.69, 9.17) is 26.0 Å². The number of nitrogens with zero attached hydrogens (tertiary/aromatic N) is 7. The highest BCUT2D eigenvalue weighted by molar-refractivity contribution is 5.93. The Morgan fingerprint density at radius 1 is 0.594 bits per heavy atom. The number of amides is 1. The zero-order valence-electron chi connectivity index (χ0n) is 37.2. The van der Waals surface area contributed by atoms with E-state index < -0.39 is 29.4 Å². The SMILES string of the molecule is COc1cc(C(=O)N2CCC(c3ccc(N)nn3)CC2)ncc1-c1ccc(C(F)(F)F)cc1.COc1cc(C(=O)O)ncc1-c1ccc(C(F)(F)F)cc1.Cl.Cl.Nc1ccc(C2CCCCC2)nn1. The van der Waals surface area contributed by atoms with Crippen molar-refractivity contribution in [2.24, 2.45) is 0 Å². The number of ether oxygens (including phenoxy) is 2. The van der Waals surface area contributed by atoms with Crippen molar-refractivity contribution < 1.29 is 50.5 Å². The van der Waals surface area contributed by atoms with Crippen LogP contribution in [0.2, 0.25) is 0 Å². The maximum absolute atomic E-state index is 13.0. The van der Waals surface area contributed by atoms with E-state index in [0.717, 1.165) is 48.5 Å². The minimum Gasteiger partial charge on any atom is -0.496 e. The molecule has 2 aromatic carbocycles. The number of anilines is 2. The highest BCUT2D eigenvalue weighted by Crippen LogP contribution is 2.37. The second-order valence-electron chi connectivity index (χ2n) is 15.7. The van der Waals surface area contributed by atoms with Crippen molar-refractivity contribution in [3.05, 3.63) is 131 Å². The van der Waals surface area contributed by atoms with Crippen molar-refractivity contribution in [3.8, 4) is 33.8 Å². The Morgan fingerprint density at radius 2 is 1.00 bits per heavy atom. The number of pyridine rings is 2. The summed E-state index contributed by atoms with van der Waals surface area (Å²) in [5.41, 5.74) is 13.4. The van der Waals surface area contributed by atoms with Crippen LogP contribution >= 0.6 is 24.8 Å². The number of carbonyl (C=O) groups is 2. The molecule has 1 aliphatic carbocycles. The molecule has 5 N–H and O–H groups in total. The van der Waals surface area contributed by atoms with E-state index in [1.807, 2.05) is 18.2 Å². The number of nitrogen functional groups attached to an aromatic ring is 2. The summed E-state index contributed by atoms with van der Waals surface area (Å²) in [5.74, 6) is 0.850. The Labute approximate surface area is 405 Å². The fourth-order valence-electron chi connectivity index (χ4n) is 7.64. The molecule has 0 radical (unpaired) electrons. The van der Waals surface area contributed by atoms with Crippen molar-refractivity contribution in [1.82, 2.24) is 35.3 Å². The first kappa shape index (κ1) is 54.8. The van der Waals surface area contributed by atoms with Gasteiger partial charge >= 0.3 is 18.3 Å². The molecular formula is C47H49Cl2F6N9O5. The van der Waals surface area contributed by atoms with E-state index in [9.17, 15) is 35.9 Å². The molecule has 2 fully saturated rings. The Morgan fingerprint density at radius 3 is 1.38 bits per heavy atom. The van der Waals surface area contributed by atoms with Crippen LogP contribution < -0.4 is 20.9 Å². The number of carboxylic acids is 1. The van der Waals surface area contributed by atoms with Crippen LogP contribution in [0.3, 0.4) is 0 Å². The predicted octanol–water partition coefficient (Wildman–Crippen LogP) is 10.6. The van der Waals surface area contributed by atoms with Crippen LogP contribution in [0.15, 0.2) is 97.3 Å². The molecule has 6 aromatic rings. The molecule has 1 amide bonds. The molecule has 0 spiro atoms. The largest absolute Gasteiger partial charge is 0.496 e. The molecule has 14 nitrogen and oxygen atoms in total. The van der Waals surface area contributed by atoms with Crippen LogP contribution in [-0.2, 0) is 12.4 Å². The average Bonchev–Trinajstić information content (AvgIpc) is 3.34. The monoisotopic (exact) mass is 1000 g/mol. The van der Waals surface area contributed by atoms with Gasteiger partial charge in [-0.15, -0.1) is 35.0 Å². The summed E-state index contributed by atoms with van der Waals surface area (Å²) in [6.07, 6.45) is 1.93. The van der Waals surface area contributed by atoms with Gasteiger partial charge < -0.3 is 30.9 Å². The average molecular weight is 1000 g/mol. The highest BCUT2D eigenvalue weighted by Gasteiger charge is 2.32. The molecule has 22 heteroatoms. The Kier molecular flexibility index (Phi) is 19.4. The van der Waals surface area contributed by atoms with Gasteiger partial charge in [-0.25, -0.2) is 9.78 Å². The molecule has 0 unspecified atom stereocenters. The summed E-state index contributed by atoms with van der Waals surface area (Å²) in [4.78, 5) is 33.5. The molecule has 1 aliphatic heterocycles. The van der Waals surface area contributed by atoms with Gasteiger partial charge in [0.25, 0.3) is 5.91 Å². The molecule has 4 aromatic heterocycles. The van der Waals surface area contributed by atoms with E-state index in [2.05, 4.69) is 30.4 Å². The quantitative estimate of drug-likeness (QED) is 0.122. The van der Waals surface area contributed by atoms with E-state index in [1.165, 1.54) is 95.1 Å². The third kappa shape index (κ3) is 14.6. The minimum absolute atomic E-state index is 0. The number of nitrogens with two attached hydrogens (primary N) is 2. The zero-order valence-corrected chi connectivity index (χ0v) is 38.8. The lowest BCUT2D eigenvalue weighted by molar-refractivity contribution is -0.138. The maximum atomic E-state index is 13.0. The minimum atomic E-state index is -4.41. The van der Waals surface area contributed by atoms with Gasteiger partial charge in [-0.1, -0.05) is 43.5 Å². The molecule has 2 aliphatic rings. The topological polar surface area (TPSA) is 205 Å². The Balaban J connectivity index is 0.000000246. The third-order valence-corrected chi connectivity index (χ3v) is 11.3. The van der Waals surface area contributed by atoms with Crippen molar-refractivity contribution >= 4 is 48.3 Å². The number of rotatable bonds is 8. The van der Waals surface area contributed by atoms with Gasteiger partial charge in [0.05, 0.1) is 36.7 Å². The van der Waals surface area contributed by atoms with Gasteiger partial charge in [0.15, 0.2) is 5.69 Å². The number of alkyl halides is 6. The van der Waals surface area contributed by atoms with Crippen LogP contribution in [0.5, 0.6) is 11.5 Å². The van der Waals surface area contributed by atoms with Crippen LogP contribution in [0.25, 0.3) is 22.3 Å². The lowest BCUT2D eigenvalue weighted by atomic mass is 9.87. The number of methoxy groups -OCH3 is 2. The number of hydrogen-bond acceptors (Lipinski definition) is 12. The second kappa shape index (κ2) is 24.5. The van der Waals surface area contributed by atoms with Gasteiger partial charge in [0.2, 0.25) is 0 Å². The van der Waals surface area contributed by atoms with Gasteiger partial charge in [-0.05, 0) is 85.3 Å². The third-order valence-electron chi connectivity index (χ3n) is 11.3.